The maximum atomic E-state index is 12.5. The topological polar surface area (TPSA) is 355 Å². The first kappa shape index (κ1) is 33.9. The summed E-state index contributed by atoms with van der Waals surface area (Å²) in [5, 5.41) is 55.1. The zero-order chi connectivity index (χ0) is 31.4. The number of aromatic nitrogens is 2. The van der Waals surface area contributed by atoms with Gasteiger partial charge in [-0.3, -0.25) is 28.2 Å². The second-order valence-corrected chi connectivity index (χ2v) is 11.7. The van der Waals surface area contributed by atoms with Gasteiger partial charge < -0.3 is 50.1 Å². The van der Waals surface area contributed by atoms with Gasteiger partial charge in [-0.15, -0.1) is 0 Å². The van der Waals surface area contributed by atoms with E-state index in [1.54, 1.807) is 0 Å². The van der Waals surface area contributed by atoms with E-state index < -0.39 is 108 Å². The Kier molecular flexibility index (Phi) is 11.2. The molecule has 11 atom stereocenters. The number of phosphoric ester groups is 2. The minimum atomic E-state index is -5.73. The lowest BCUT2D eigenvalue weighted by atomic mass is 9.97. The lowest BCUT2D eigenvalue weighted by molar-refractivity contribution is -0.247. The molecular formula is C17H26N6O17P2. The number of ether oxygens (including phenoxy) is 2. The average Bonchev–Trinajstić information content (AvgIpc) is 3.18. The maximum Gasteiger partial charge on any atom is 0.483 e. The van der Waals surface area contributed by atoms with Crippen molar-refractivity contribution in [1.82, 2.24) is 14.9 Å². The number of hydrogen-bond acceptors (Lipinski definition) is 16. The third-order valence-electron chi connectivity index (χ3n) is 5.79. The summed E-state index contributed by atoms with van der Waals surface area (Å²) in [6.07, 6.45) is -13.6. The van der Waals surface area contributed by atoms with Crippen LogP contribution >= 0.6 is 15.6 Å². The molecule has 0 saturated carbocycles. The summed E-state index contributed by atoms with van der Waals surface area (Å²) in [6.45, 7) is -2.85. The van der Waals surface area contributed by atoms with Crippen LogP contribution in [0.3, 0.4) is 0 Å². The van der Waals surface area contributed by atoms with Gasteiger partial charge >= 0.3 is 21.3 Å². The van der Waals surface area contributed by atoms with Crippen LogP contribution in [-0.2, 0) is 36.8 Å². The number of hydrogen-bond donors (Lipinski definition) is 9. The molecule has 25 heteroatoms. The minimum Gasteiger partial charge on any atom is -0.394 e. The standard InChI is InChI=1S/C17H26N6O17P2/c18-22-19-3-9(26)20-10-13(29)11(27)6(4-24)38-16(10)39-42(34,35)40-41(32,33)36-5-7-12(28)14(30)15(37-7)23-2-1-8(25)21-17(23)31/h1-2,6-7,10-16,24,27-30H,3-5H2,(H,20,26)(H,32,33)(H,34,35)(H,21,25,31)/t6-,7-,10-,11-,12-,13-,14-,15-,16?/m1/s1. The van der Waals surface area contributed by atoms with Crippen LogP contribution in [0.15, 0.2) is 27.0 Å². The number of carbonyl (C=O) groups excluding carboxylic acids is 1. The first-order chi connectivity index (χ1) is 19.6. The number of amides is 1. The summed E-state index contributed by atoms with van der Waals surface area (Å²) in [6, 6.07) is -0.958. The number of azide groups is 1. The third-order valence-corrected chi connectivity index (χ3v) is 8.39. The summed E-state index contributed by atoms with van der Waals surface area (Å²) in [7, 11) is -11.3. The molecule has 9 N–H and O–H groups in total. The Hall–Kier alpha value is -2.56. The molecule has 0 radical (unpaired) electrons. The van der Waals surface area contributed by atoms with Gasteiger partial charge in [0.1, 0.15) is 49.2 Å². The molecule has 3 rings (SSSR count). The highest BCUT2D eigenvalue weighted by molar-refractivity contribution is 7.61. The quantitative estimate of drug-likeness (QED) is 0.0447. The molecule has 0 bridgehead atoms. The van der Waals surface area contributed by atoms with Crippen molar-refractivity contribution in [1.29, 1.82) is 0 Å². The number of phosphoric acid groups is 2. The second-order valence-electron chi connectivity index (χ2n) is 8.67. The summed E-state index contributed by atoms with van der Waals surface area (Å²) < 4.78 is 49.3. The molecule has 3 heterocycles. The SMILES string of the molecule is [N-]=[N+]=NCC(=O)N[C@H]1C(OP(=O)(O)OP(=O)(O)OC[C@H]2O[C@@H](n3ccc(=O)[nH]c3=O)[C@H](O)[C@@H]2O)O[C@H](CO)[C@@H](O)[C@@H]1O. The van der Waals surface area contributed by atoms with Crippen LogP contribution in [0.4, 0.5) is 0 Å². The van der Waals surface area contributed by atoms with E-state index in [1.807, 2.05) is 10.3 Å². The molecule has 0 aromatic carbocycles. The monoisotopic (exact) mass is 648 g/mol. The lowest BCUT2D eigenvalue weighted by Gasteiger charge is -2.42. The molecular weight excluding hydrogens is 622 g/mol. The Bertz CT molecular complexity index is 1380. The highest BCUT2D eigenvalue weighted by Gasteiger charge is 2.50. The third kappa shape index (κ3) is 8.29. The van der Waals surface area contributed by atoms with E-state index in [0.717, 1.165) is 12.3 Å². The molecule has 236 valence electrons. The van der Waals surface area contributed by atoms with Crippen molar-refractivity contribution in [3.63, 3.8) is 0 Å². The summed E-state index contributed by atoms with van der Waals surface area (Å²) in [4.78, 5) is 59.4. The van der Waals surface area contributed by atoms with Crippen LogP contribution in [-0.4, -0.2) is 119 Å². The number of aliphatic hydroxyl groups excluding tert-OH is 5. The molecule has 1 amide bonds. The zero-order valence-corrected chi connectivity index (χ0v) is 22.7. The van der Waals surface area contributed by atoms with Gasteiger partial charge in [0.25, 0.3) is 5.56 Å². The smallest absolute Gasteiger partial charge is 0.394 e. The summed E-state index contributed by atoms with van der Waals surface area (Å²) >= 11 is 0. The normalized spacial score (nSPS) is 34.1. The van der Waals surface area contributed by atoms with E-state index in [-0.39, 0.29) is 0 Å². The number of aliphatic hydroxyl groups is 5. The molecule has 2 saturated heterocycles. The van der Waals surface area contributed by atoms with Crippen LogP contribution in [0.1, 0.15) is 6.23 Å². The molecule has 3 unspecified atom stereocenters. The Labute approximate surface area is 232 Å². The maximum absolute atomic E-state index is 12.5. The number of nitrogens with one attached hydrogen (secondary N) is 2. The molecule has 1 aromatic rings. The number of rotatable bonds is 12. The number of H-pyrrole nitrogens is 1. The van der Waals surface area contributed by atoms with Crippen LogP contribution in [0.2, 0.25) is 0 Å². The van der Waals surface area contributed by atoms with E-state index in [1.165, 1.54) is 0 Å². The van der Waals surface area contributed by atoms with Gasteiger partial charge in [0, 0.05) is 17.2 Å². The molecule has 2 fully saturated rings. The Morgan fingerprint density at radius 1 is 1.10 bits per heavy atom. The van der Waals surface area contributed by atoms with E-state index in [0.29, 0.717) is 4.57 Å². The van der Waals surface area contributed by atoms with Gasteiger partial charge in [-0.2, -0.15) is 4.31 Å². The van der Waals surface area contributed by atoms with Crippen molar-refractivity contribution in [3.05, 3.63) is 43.5 Å². The molecule has 2 aliphatic rings. The number of aromatic amines is 1. The number of nitrogens with zero attached hydrogens (tertiary/aromatic N) is 4. The first-order valence-electron chi connectivity index (χ1n) is 11.5. The van der Waals surface area contributed by atoms with E-state index in [2.05, 4.69) is 23.4 Å². The fourth-order valence-electron chi connectivity index (χ4n) is 3.85. The molecule has 1 aromatic heterocycles. The van der Waals surface area contributed by atoms with Crippen LogP contribution < -0.4 is 16.6 Å². The number of carbonyl (C=O) groups is 1. The molecule has 2 aliphatic heterocycles. The lowest BCUT2D eigenvalue weighted by Crippen LogP contribution is -2.64. The van der Waals surface area contributed by atoms with Crippen molar-refractivity contribution >= 4 is 21.6 Å². The zero-order valence-electron chi connectivity index (χ0n) is 20.9. The molecule has 23 nitrogen and oxygen atoms in total. The van der Waals surface area contributed by atoms with Gasteiger partial charge in [0.2, 0.25) is 5.91 Å². The van der Waals surface area contributed by atoms with Crippen molar-refractivity contribution in [3.8, 4) is 0 Å². The van der Waals surface area contributed by atoms with Crippen molar-refractivity contribution in [2.45, 2.75) is 55.2 Å². The largest absolute Gasteiger partial charge is 0.483 e. The second kappa shape index (κ2) is 13.8. The van der Waals surface area contributed by atoms with Crippen LogP contribution in [0.25, 0.3) is 10.4 Å². The fraction of sp³-hybridized carbons (Fsp3) is 0.706. The van der Waals surface area contributed by atoms with Crippen molar-refractivity contribution in [2.75, 3.05) is 19.8 Å². The first-order valence-corrected chi connectivity index (χ1v) is 14.5. The van der Waals surface area contributed by atoms with Crippen LogP contribution in [0, 0.1) is 0 Å². The van der Waals surface area contributed by atoms with E-state index in [9.17, 15) is 58.8 Å². The van der Waals surface area contributed by atoms with Gasteiger partial charge in [-0.05, 0) is 5.53 Å². The van der Waals surface area contributed by atoms with Crippen molar-refractivity contribution < 1.29 is 72.1 Å². The Morgan fingerprint density at radius 3 is 2.38 bits per heavy atom. The van der Waals surface area contributed by atoms with Crippen LogP contribution in [0.5, 0.6) is 0 Å². The fourth-order valence-corrected chi connectivity index (χ4v) is 6.01. The predicted molar refractivity (Wildman–Crippen MR) is 129 cm³/mol. The van der Waals surface area contributed by atoms with E-state index in [4.69, 9.17) is 15.0 Å². The Balaban J connectivity index is 1.67. The summed E-state index contributed by atoms with van der Waals surface area (Å²) in [5.74, 6) is -1.08. The van der Waals surface area contributed by atoms with Gasteiger partial charge in [0.15, 0.2) is 12.5 Å². The summed E-state index contributed by atoms with van der Waals surface area (Å²) in [5.41, 5.74) is 6.54. The molecule has 0 spiro atoms. The van der Waals surface area contributed by atoms with Crippen molar-refractivity contribution in [2.24, 2.45) is 5.11 Å². The Morgan fingerprint density at radius 2 is 1.76 bits per heavy atom. The average molecular weight is 648 g/mol. The highest BCUT2D eigenvalue weighted by atomic mass is 31.3. The predicted octanol–water partition coefficient (Wildman–Crippen LogP) is -4.36. The molecule has 42 heavy (non-hydrogen) atoms. The van der Waals surface area contributed by atoms with Gasteiger partial charge in [0.05, 0.1) is 13.2 Å². The van der Waals surface area contributed by atoms with E-state index >= 15 is 0 Å². The highest BCUT2D eigenvalue weighted by Crippen LogP contribution is 2.61. The minimum absolute atomic E-state index is 0.705. The van der Waals surface area contributed by atoms with Gasteiger partial charge in [-0.25, -0.2) is 13.9 Å². The van der Waals surface area contributed by atoms with Gasteiger partial charge in [-0.1, -0.05) is 5.11 Å². The molecule has 0 aliphatic carbocycles.